The zero-order valence-electron chi connectivity index (χ0n) is 21.7. The van der Waals surface area contributed by atoms with Crippen molar-refractivity contribution in [3.05, 3.63) is 41.6 Å². The molecule has 192 valence electrons. The zero-order valence-corrected chi connectivity index (χ0v) is 21.7. The number of hydrogen-bond acceptors (Lipinski definition) is 6. The smallest absolute Gasteiger partial charge is 0.230 e. The number of ether oxygens (including phenoxy) is 2. The van der Waals surface area contributed by atoms with Crippen LogP contribution in [-0.2, 0) is 20.8 Å². The van der Waals surface area contributed by atoms with Gasteiger partial charge in [0.15, 0.2) is 0 Å². The van der Waals surface area contributed by atoms with Gasteiger partial charge in [0.25, 0.3) is 0 Å². The number of nitrogens with one attached hydrogen (secondary N) is 1. The van der Waals surface area contributed by atoms with Gasteiger partial charge in [0.05, 0.1) is 48.9 Å². The van der Waals surface area contributed by atoms with Gasteiger partial charge < -0.3 is 24.6 Å². The second-order valence-electron chi connectivity index (χ2n) is 11.3. The molecule has 0 spiro atoms. The van der Waals surface area contributed by atoms with E-state index in [-0.39, 0.29) is 24.0 Å². The number of morpholine rings is 1. The van der Waals surface area contributed by atoms with Crippen molar-refractivity contribution in [2.24, 2.45) is 5.92 Å². The third-order valence-corrected chi connectivity index (χ3v) is 8.23. The van der Waals surface area contributed by atoms with E-state index in [4.69, 9.17) is 9.47 Å². The van der Waals surface area contributed by atoms with Crippen LogP contribution in [0.1, 0.15) is 63.5 Å². The van der Waals surface area contributed by atoms with Crippen LogP contribution in [-0.4, -0.2) is 48.4 Å². The number of carbonyl (C=O) groups excluding carboxylic acids is 1. The number of anilines is 4. The van der Waals surface area contributed by atoms with Crippen LogP contribution >= 0.6 is 0 Å². The largest absolute Gasteiger partial charge is 0.376 e. The maximum Gasteiger partial charge on any atom is 0.230 e. The lowest BCUT2D eigenvalue weighted by Crippen LogP contribution is -2.54. The molecular weight excluding hydrogens is 452 g/mol. The molecule has 5 heterocycles. The number of pyridine rings is 1. The molecule has 4 aliphatic heterocycles. The first kappa shape index (κ1) is 23.7. The number of carbonyl (C=O) groups is 1. The molecule has 1 N–H and O–H groups in total. The quantitative estimate of drug-likeness (QED) is 0.625. The molecule has 2 atom stereocenters. The Labute approximate surface area is 214 Å². The first-order valence-electron chi connectivity index (χ1n) is 13.7. The number of piperidine rings is 1. The number of amides is 1. The zero-order chi connectivity index (χ0) is 24.8. The Balaban J connectivity index is 1.32. The Morgan fingerprint density at radius 2 is 1.97 bits per heavy atom. The number of aromatic nitrogens is 1. The number of benzene rings is 1. The topological polar surface area (TPSA) is 66.9 Å². The molecule has 2 aromatic rings. The number of rotatable bonds is 4. The maximum atomic E-state index is 14.1. The molecule has 36 heavy (non-hydrogen) atoms. The standard InChI is InChI=1S/C29H38N4O3/c1-18(2)36-24-8-4-20(5-9-24)29(34)33-15-21-12-19(3)14-30-28(21)31-26-11-7-22(13-27(26)33)32-16-25-10-6-23(32)17-35-25/h7,11-14,18,20,23-25H,4-6,8-10,15-17H2,1-3H3,(H,30,31). The van der Waals surface area contributed by atoms with E-state index in [0.29, 0.717) is 18.7 Å². The highest BCUT2D eigenvalue weighted by Crippen LogP contribution is 2.41. The summed E-state index contributed by atoms with van der Waals surface area (Å²) in [5.74, 6) is 1.08. The van der Waals surface area contributed by atoms with Crippen LogP contribution in [0.4, 0.5) is 22.9 Å². The Morgan fingerprint density at radius 3 is 2.67 bits per heavy atom. The van der Waals surface area contributed by atoms with Crippen molar-refractivity contribution in [2.75, 3.05) is 28.3 Å². The van der Waals surface area contributed by atoms with Gasteiger partial charge in [0, 0.05) is 29.9 Å². The van der Waals surface area contributed by atoms with Crippen LogP contribution in [0.2, 0.25) is 0 Å². The Bertz CT molecular complexity index is 1120. The van der Waals surface area contributed by atoms with E-state index in [1.165, 1.54) is 12.1 Å². The summed E-state index contributed by atoms with van der Waals surface area (Å²) in [5.41, 5.74) is 5.23. The van der Waals surface area contributed by atoms with Crippen molar-refractivity contribution >= 4 is 28.8 Å². The predicted octanol–water partition coefficient (Wildman–Crippen LogP) is 5.33. The van der Waals surface area contributed by atoms with E-state index < -0.39 is 0 Å². The highest BCUT2D eigenvalue weighted by atomic mass is 16.5. The monoisotopic (exact) mass is 490 g/mol. The Hall–Kier alpha value is -2.64. The number of aryl methyl sites for hydroxylation is 1. The van der Waals surface area contributed by atoms with Crippen LogP contribution in [0, 0.1) is 12.8 Å². The van der Waals surface area contributed by atoms with E-state index >= 15 is 0 Å². The molecule has 7 nitrogen and oxygen atoms in total. The fourth-order valence-corrected chi connectivity index (χ4v) is 6.39. The van der Waals surface area contributed by atoms with Gasteiger partial charge in [-0.25, -0.2) is 4.98 Å². The highest BCUT2D eigenvalue weighted by Gasteiger charge is 2.37. The molecule has 1 aliphatic carbocycles. The first-order valence-corrected chi connectivity index (χ1v) is 13.7. The molecule has 1 aromatic heterocycles. The Kier molecular flexibility index (Phi) is 6.38. The molecule has 1 aromatic carbocycles. The summed E-state index contributed by atoms with van der Waals surface area (Å²) in [6.07, 6.45) is 8.64. The molecule has 1 amide bonds. The Morgan fingerprint density at radius 1 is 1.14 bits per heavy atom. The summed E-state index contributed by atoms with van der Waals surface area (Å²) in [6, 6.07) is 9.08. The van der Waals surface area contributed by atoms with Crippen molar-refractivity contribution in [1.82, 2.24) is 4.98 Å². The number of hydrogen-bond donors (Lipinski definition) is 1. The summed E-state index contributed by atoms with van der Waals surface area (Å²) in [7, 11) is 0. The van der Waals surface area contributed by atoms with E-state index in [2.05, 4.69) is 60.2 Å². The molecule has 2 unspecified atom stereocenters. The molecule has 5 aliphatic rings. The van der Waals surface area contributed by atoms with Gasteiger partial charge in [-0.15, -0.1) is 0 Å². The van der Waals surface area contributed by atoms with Gasteiger partial charge >= 0.3 is 0 Å². The molecule has 7 heteroatoms. The first-order chi connectivity index (χ1) is 17.4. The fourth-order valence-electron chi connectivity index (χ4n) is 6.39. The van der Waals surface area contributed by atoms with E-state index in [1.54, 1.807) is 0 Å². The molecule has 0 radical (unpaired) electrons. The van der Waals surface area contributed by atoms with Crippen LogP contribution in [0.5, 0.6) is 0 Å². The molecule has 3 saturated heterocycles. The summed E-state index contributed by atoms with van der Waals surface area (Å²) in [4.78, 5) is 23.3. The molecule has 2 bridgehead atoms. The summed E-state index contributed by atoms with van der Waals surface area (Å²) in [6.45, 7) is 8.47. The summed E-state index contributed by atoms with van der Waals surface area (Å²) < 4.78 is 12.0. The van der Waals surface area contributed by atoms with Gasteiger partial charge in [-0.05, 0) is 89.1 Å². The average molecular weight is 491 g/mol. The molecular formula is C29H38N4O3. The number of nitrogens with zero attached hydrogens (tertiary/aromatic N) is 3. The van der Waals surface area contributed by atoms with Gasteiger partial charge in [0.2, 0.25) is 5.91 Å². The van der Waals surface area contributed by atoms with Crippen LogP contribution in [0.3, 0.4) is 0 Å². The van der Waals surface area contributed by atoms with Crippen molar-refractivity contribution in [3.8, 4) is 0 Å². The van der Waals surface area contributed by atoms with Gasteiger partial charge in [-0.3, -0.25) is 4.79 Å². The minimum atomic E-state index is 0.0206. The third-order valence-electron chi connectivity index (χ3n) is 8.23. The van der Waals surface area contributed by atoms with E-state index in [9.17, 15) is 4.79 Å². The normalized spacial score (nSPS) is 27.3. The van der Waals surface area contributed by atoms with Crippen molar-refractivity contribution in [2.45, 2.75) is 90.2 Å². The van der Waals surface area contributed by atoms with Crippen LogP contribution < -0.4 is 15.1 Å². The molecule has 4 fully saturated rings. The molecule has 1 saturated carbocycles. The summed E-state index contributed by atoms with van der Waals surface area (Å²) >= 11 is 0. The molecule has 7 rings (SSSR count). The lowest BCUT2D eigenvalue weighted by atomic mass is 9.86. The lowest BCUT2D eigenvalue weighted by molar-refractivity contribution is -0.124. The highest BCUT2D eigenvalue weighted by molar-refractivity contribution is 6.00. The maximum absolute atomic E-state index is 14.1. The SMILES string of the molecule is Cc1cnc2c(c1)CN(C(=O)C1CCC(OC(C)C)CC1)c1cc(N3CC4CCC3CO4)ccc1N2. The minimum absolute atomic E-state index is 0.0206. The van der Waals surface area contributed by atoms with Gasteiger partial charge in [0.1, 0.15) is 5.82 Å². The van der Waals surface area contributed by atoms with Crippen LogP contribution in [0.15, 0.2) is 30.5 Å². The lowest BCUT2D eigenvalue weighted by Gasteiger charge is -2.46. The van der Waals surface area contributed by atoms with Crippen molar-refractivity contribution in [1.29, 1.82) is 0 Å². The number of fused-ring (bicyclic) bond motifs is 5. The summed E-state index contributed by atoms with van der Waals surface area (Å²) in [5, 5.41) is 3.54. The second kappa shape index (κ2) is 9.67. The van der Waals surface area contributed by atoms with Crippen molar-refractivity contribution < 1.29 is 14.3 Å². The van der Waals surface area contributed by atoms with Gasteiger partial charge in [-0.1, -0.05) is 0 Å². The van der Waals surface area contributed by atoms with Crippen LogP contribution in [0.25, 0.3) is 0 Å². The van der Waals surface area contributed by atoms with E-state index in [0.717, 1.165) is 73.6 Å². The van der Waals surface area contributed by atoms with E-state index in [1.807, 2.05) is 11.1 Å². The van der Waals surface area contributed by atoms with Crippen molar-refractivity contribution in [3.63, 3.8) is 0 Å². The van der Waals surface area contributed by atoms with Gasteiger partial charge in [-0.2, -0.15) is 0 Å². The average Bonchev–Trinajstić information content (AvgIpc) is 3.05. The second-order valence-corrected chi connectivity index (χ2v) is 11.3. The predicted molar refractivity (Wildman–Crippen MR) is 142 cm³/mol. The minimum Gasteiger partial charge on any atom is -0.376 e. The third kappa shape index (κ3) is 4.59. The fraction of sp³-hybridized carbons (Fsp3) is 0.586.